The van der Waals surface area contributed by atoms with Crippen LogP contribution in [0.1, 0.15) is 6.42 Å². The first kappa shape index (κ1) is 14.0. The molecule has 0 unspecified atom stereocenters. The highest BCUT2D eigenvalue weighted by Gasteiger charge is 2.11. The Morgan fingerprint density at radius 2 is 1.22 bits per heavy atom. The Morgan fingerprint density at radius 1 is 0.778 bits per heavy atom. The van der Waals surface area contributed by atoms with Gasteiger partial charge in [0.25, 0.3) is 0 Å². The minimum atomic E-state index is 0.550. The van der Waals surface area contributed by atoms with E-state index in [1.807, 2.05) is 23.5 Å². The summed E-state index contributed by atoms with van der Waals surface area (Å²) in [7, 11) is 0. The summed E-state index contributed by atoms with van der Waals surface area (Å²) in [6.07, 6.45) is 1.15. The predicted octanol–water partition coefficient (Wildman–Crippen LogP) is 5.68. The molecule has 2 aromatic rings. The van der Waals surface area contributed by atoms with Crippen molar-refractivity contribution in [1.29, 1.82) is 0 Å². The van der Waals surface area contributed by atoms with Crippen LogP contribution >= 0.6 is 39.5 Å². The fourth-order valence-electron chi connectivity index (χ4n) is 1.53. The lowest BCUT2D eigenvalue weighted by atomic mass is 10.4. The third-order valence-corrected chi connectivity index (χ3v) is 5.49. The smallest absolute Gasteiger partial charge is 0.0604 e. The summed E-state index contributed by atoms with van der Waals surface area (Å²) >= 11 is 7.43. The van der Waals surface area contributed by atoms with E-state index >= 15 is 0 Å². The summed E-state index contributed by atoms with van der Waals surface area (Å²) in [6.45, 7) is 0. The third-order valence-electron chi connectivity index (χ3n) is 2.37. The Morgan fingerprint density at radius 3 is 1.61 bits per heavy atom. The van der Waals surface area contributed by atoms with Crippen LogP contribution in [0.5, 0.6) is 0 Å². The zero-order valence-electron chi connectivity index (χ0n) is 9.96. The SMILES string of the molecule is BrCCC(Sc1ccccc1)Sc1ccccc1. The van der Waals surface area contributed by atoms with Gasteiger partial charge in [0.15, 0.2) is 0 Å². The van der Waals surface area contributed by atoms with Crippen LogP contribution in [0.15, 0.2) is 70.5 Å². The number of alkyl halides is 1. The first-order chi connectivity index (χ1) is 8.88. The molecule has 0 radical (unpaired) electrons. The van der Waals surface area contributed by atoms with E-state index in [9.17, 15) is 0 Å². The summed E-state index contributed by atoms with van der Waals surface area (Å²) in [5.74, 6) is 0. The lowest BCUT2D eigenvalue weighted by Gasteiger charge is -2.15. The second kappa shape index (κ2) is 7.93. The molecule has 2 aromatic carbocycles. The van der Waals surface area contributed by atoms with Crippen molar-refractivity contribution in [2.45, 2.75) is 20.8 Å². The number of hydrogen-bond donors (Lipinski definition) is 0. The Bertz CT molecular complexity index is 403. The largest absolute Gasteiger partial charge is 0.111 e. The molecule has 0 amide bonds. The maximum Gasteiger partial charge on any atom is 0.0604 e. The standard InChI is InChI=1S/C15H15BrS2/c16-12-11-15(17-13-7-3-1-4-8-13)18-14-9-5-2-6-10-14/h1-10,15H,11-12H2. The molecule has 0 N–H and O–H groups in total. The maximum atomic E-state index is 3.55. The van der Waals surface area contributed by atoms with Gasteiger partial charge in [-0.15, -0.1) is 23.5 Å². The van der Waals surface area contributed by atoms with E-state index in [1.165, 1.54) is 9.79 Å². The average molecular weight is 339 g/mol. The van der Waals surface area contributed by atoms with Crippen LogP contribution in [0.25, 0.3) is 0 Å². The van der Waals surface area contributed by atoms with Gasteiger partial charge in [-0.25, -0.2) is 0 Å². The Kier molecular flexibility index (Phi) is 6.18. The second-order valence-corrected chi connectivity index (χ2v) is 7.41. The van der Waals surface area contributed by atoms with Crippen molar-refractivity contribution in [2.75, 3.05) is 5.33 Å². The molecular formula is C15H15BrS2. The van der Waals surface area contributed by atoms with Gasteiger partial charge in [-0.1, -0.05) is 52.3 Å². The topological polar surface area (TPSA) is 0 Å². The van der Waals surface area contributed by atoms with E-state index in [2.05, 4.69) is 76.6 Å². The molecule has 0 aliphatic rings. The summed E-state index contributed by atoms with van der Waals surface area (Å²) in [4.78, 5) is 2.68. The molecule has 0 aromatic heterocycles. The highest BCUT2D eigenvalue weighted by Crippen LogP contribution is 2.37. The van der Waals surface area contributed by atoms with Crippen molar-refractivity contribution >= 4 is 39.5 Å². The molecule has 94 valence electrons. The quantitative estimate of drug-likeness (QED) is 0.377. The van der Waals surface area contributed by atoms with Gasteiger partial charge < -0.3 is 0 Å². The number of benzene rings is 2. The fraction of sp³-hybridized carbons (Fsp3) is 0.200. The minimum absolute atomic E-state index is 0.550. The normalized spacial score (nSPS) is 10.8. The number of hydrogen-bond acceptors (Lipinski definition) is 2. The summed E-state index contributed by atoms with van der Waals surface area (Å²) in [6, 6.07) is 21.2. The molecule has 0 saturated carbocycles. The van der Waals surface area contributed by atoms with Gasteiger partial charge in [-0.3, -0.25) is 0 Å². The van der Waals surface area contributed by atoms with Gasteiger partial charge in [-0.05, 0) is 30.7 Å². The zero-order valence-corrected chi connectivity index (χ0v) is 13.2. The van der Waals surface area contributed by atoms with Crippen molar-refractivity contribution < 1.29 is 0 Å². The molecule has 0 atom stereocenters. The van der Waals surface area contributed by atoms with E-state index in [4.69, 9.17) is 0 Å². The molecule has 0 heterocycles. The lowest BCUT2D eigenvalue weighted by molar-refractivity contribution is 1.08. The van der Waals surface area contributed by atoms with Crippen LogP contribution in [-0.4, -0.2) is 9.91 Å². The number of rotatable bonds is 6. The molecule has 3 heteroatoms. The summed E-state index contributed by atoms with van der Waals surface area (Å²) < 4.78 is 0.550. The first-order valence-corrected chi connectivity index (χ1v) is 8.76. The van der Waals surface area contributed by atoms with Gasteiger partial charge in [0.1, 0.15) is 0 Å². The van der Waals surface area contributed by atoms with Crippen molar-refractivity contribution in [3.63, 3.8) is 0 Å². The van der Waals surface area contributed by atoms with Crippen LogP contribution in [0.4, 0.5) is 0 Å². The Hall–Kier alpha value is -0.380. The molecule has 0 nitrogen and oxygen atoms in total. The molecule has 0 spiro atoms. The molecular weight excluding hydrogens is 324 g/mol. The van der Waals surface area contributed by atoms with Crippen LogP contribution in [0.2, 0.25) is 0 Å². The summed E-state index contributed by atoms with van der Waals surface area (Å²) in [5.41, 5.74) is 0. The van der Waals surface area contributed by atoms with Gasteiger partial charge in [0.05, 0.1) is 4.58 Å². The molecule has 0 saturated heterocycles. The van der Waals surface area contributed by atoms with Crippen molar-refractivity contribution in [3.05, 3.63) is 60.7 Å². The van der Waals surface area contributed by atoms with Gasteiger partial charge >= 0.3 is 0 Å². The van der Waals surface area contributed by atoms with E-state index in [0.29, 0.717) is 4.58 Å². The van der Waals surface area contributed by atoms with E-state index in [0.717, 1.165) is 11.8 Å². The van der Waals surface area contributed by atoms with Crippen LogP contribution in [0.3, 0.4) is 0 Å². The lowest BCUT2D eigenvalue weighted by Crippen LogP contribution is -1.97. The molecule has 2 rings (SSSR count). The van der Waals surface area contributed by atoms with Gasteiger partial charge in [-0.2, -0.15) is 0 Å². The fourth-order valence-corrected chi connectivity index (χ4v) is 5.16. The minimum Gasteiger partial charge on any atom is -0.111 e. The zero-order chi connectivity index (χ0) is 12.6. The molecule has 0 aliphatic heterocycles. The highest BCUT2D eigenvalue weighted by atomic mass is 79.9. The van der Waals surface area contributed by atoms with Crippen LogP contribution < -0.4 is 0 Å². The number of thioether (sulfide) groups is 2. The highest BCUT2D eigenvalue weighted by molar-refractivity contribution is 9.09. The number of halogens is 1. The monoisotopic (exact) mass is 338 g/mol. The first-order valence-electron chi connectivity index (χ1n) is 5.88. The maximum absolute atomic E-state index is 3.55. The Labute approximate surface area is 126 Å². The van der Waals surface area contributed by atoms with E-state index < -0.39 is 0 Å². The molecule has 0 fully saturated rings. The van der Waals surface area contributed by atoms with Crippen molar-refractivity contribution in [1.82, 2.24) is 0 Å². The second-order valence-electron chi connectivity index (χ2n) is 3.77. The average Bonchev–Trinajstić information content (AvgIpc) is 2.41. The van der Waals surface area contributed by atoms with Crippen molar-refractivity contribution in [2.24, 2.45) is 0 Å². The van der Waals surface area contributed by atoms with E-state index in [-0.39, 0.29) is 0 Å². The third kappa shape index (κ3) is 4.71. The predicted molar refractivity (Wildman–Crippen MR) is 86.8 cm³/mol. The molecule has 0 aliphatic carbocycles. The van der Waals surface area contributed by atoms with Crippen LogP contribution in [0, 0.1) is 0 Å². The molecule has 18 heavy (non-hydrogen) atoms. The van der Waals surface area contributed by atoms with Crippen LogP contribution in [-0.2, 0) is 0 Å². The van der Waals surface area contributed by atoms with Gasteiger partial charge in [0, 0.05) is 15.1 Å². The van der Waals surface area contributed by atoms with Gasteiger partial charge in [0.2, 0.25) is 0 Å². The van der Waals surface area contributed by atoms with E-state index in [1.54, 1.807) is 0 Å². The molecule has 0 bridgehead atoms. The summed E-state index contributed by atoms with van der Waals surface area (Å²) in [5, 5.41) is 1.04. The Balaban J connectivity index is 2.00. The van der Waals surface area contributed by atoms with Crippen molar-refractivity contribution in [3.8, 4) is 0 Å².